The van der Waals surface area contributed by atoms with Gasteiger partial charge in [0.2, 0.25) is 0 Å². The maximum atomic E-state index is 10.3. The fraction of sp³-hybridized carbons (Fsp3) is 0.778. The molecule has 0 bridgehead atoms. The number of hydrogen-bond acceptors (Lipinski definition) is 3. The van der Waals surface area contributed by atoms with Crippen molar-refractivity contribution in [2.24, 2.45) is 5.10 Å². The minimum absolute atomic E-state index is 0.107. The zero-order valence-electron chi connectivity index (χ0n) is 8.34. The molecule has 4 nitrogen and oxygen atoms in total. The molecule has 0 atom stereocenters. The number of nitrogens with one attached hydrogen (secondary N) is 1. The molecule has 76 valence electrons. The fourth-order valence-corrected chi connectivity index (χ4v) is 0.853. The topological polar surface area (TPSA) is 61.7 Å². The molecule has 2 N–H and O–H groups in total. The molecule has 0 rings (SSSR count). The summed E-state index contributed by atoms with van der Waals surface area (Å²) in [6, 6.07) is 0. The lowest BCUT2D eigenvalue weighted by molar-refractivity contribution is -0.129. The lowest BCUT2D eigenvalue weighted by Gasteiger charge is -2.00. The Hall–Kier alpha value is -1.06. The summed E-state index contributed by atoms with van der Waals surface area (Å²) in [6.45, 7) is 4.38. The Kier molecular flexibility index (Phi) is 6.96. The number of carboxylic acids is 1. The SMILES string of the molecule is CCCCCCNN=C(C)C(=O)O. The van der Waals surface area contributed by atoms with Crippen molar-refractivity contribution in [3.8, 4) is 0 Å². The van der Waals surface area contributed by atoms with Gasteiger partial charge in [0.1, 0.15) is 5.71 Å². The van der Waals surface area contributed by atoms with Gasteiger partial charge in [-0.25, -0.2) is 4.79 Å². The van der Waals surface area contributed by atoms with Crippen molar-refractivity contribution < 1.29 is 9.90 Å². The fourth-order valence-electron chi connectivity index (χ4n) is 0.853. The normalized spacial score (nSPS) is 11.4. The van der Waals surface area contributed by atoms with E-state index in [1.165, 1.54) is 26.2 Å². The summed E-state index contributed by atoms with van der Waals surface area (Å²) in [6.07, 6.45) is 4.65. The maximum absolute atomic E-state index is 10.3. The molecule has 0 heterocycles. The quantitative estimate of drug-likeness (QED) is 0.361. The molecule has 0 aliphatic rings. The van der Waals surface area contributed by atoms with Gasteiger partial charge in [-0.15, -0.1) is 0 Å². The van der Waals surface area contributed by atoms with E-state index in [0.29, 0.717) is 0 Å². The molecule has 0 saturated carbocycles. The first-order valence-corrected chi connectivity index (χ1v) is 4.69. The highest BCUT2D eigenvalue weighted by Crippen LogP contribution is 1.96. The summed E-state index contributed by atoms with van der Waals surface area (Å²) in [7, 11) is 0. The van der Waals surface area contributed by atoms with Crippen LogP contribution in [0.25, 0.3) is 0 Å². The molecule has 0 amide bonds. The number of carbonyl (C=O) groups is 1. The van der Waals surface area contributed by atoms with Crippen LogP contribution in [-0.4, -0.2) is 23.3 Å². The summed E-state index contributed by atoms with van der Waals surface area (Å²) in [5.74, 6) is -0.971. The van der Waals surface area contributed by atoms with Crippen molar-refractivity contribution in [2.75, 3.05) is 6.54 Å². The van der Waals surface area contributed by atoms with E-state index in [1.807, 2.05) is 0 Å². The van der Waals surface area contributed by atoms with E-state index >= 15 is 0 Å². The number of nitrogens with zero attached hydrogens (tertiary/aromatic N) is 1. The van der Waals surface area contributed by atoms with E-state index in [2.05, 4.69) is 17.5 Å². The molecule has 0 radical (unpaired) electrons. The number of hydrazone groups is 1. The van der Waals surface area contributed by atoms with Crippen molar-refractivity contribution in [1.29, 1.82) is 0 Å². The van der Waals surface area contributed by atoms with Gasteiger partial charge in [-0.2, -0.15) is 5.10 Å². The third-order valence-corrected chi connectivity index (χ3v) is 1.70. The van der Waals surface area contributed by atoms with Crippen molar-refractivity contribution in [1.82, 2.24) is 5.43 Å². The van der Waals surface area contributed by atoms with E-state index in [0.717, 1.165) is 13.0 Å². The van der Waals surface area contributed by atoms with Gasteiger partial charge >= 0.3 is 5.97 Å². The molecule has 0 aliphatic heterocycles. The predicted octanol–water partition coefficient (Wildman–Crippen LogP) is 1.62. The molecule has 0 aromatic heterocycles. The van der Waals surface area contributed by atoms with Crippen LogP contribution in [0.15, 0.2) is 5.10 Å². The maximum Gasteiger partial charge on any atom is 0.351 e. The summed E-state index contributed by atoms with van der Waals surface area (Å²) >= 11 is 0. The first-order chi connectivity index (χ1) is 6.18. The van der Waals surface area contributed by atoms with Gasteiger partial charge in [0, 0.05) is 6.54 Å². The predicted molar refractivity (Wildman–Crippen MR) is 52.9 cm³/mol. The molecule has 0 fully saturated rings. The average Bonchev–Trinajstić information content (AvgIpc) is 2.10. The summed E-state index contributed by atoms with van der Waals surface area (Å²) in [5, 5.41) is 12.1. The van der Waals surface area contributed by atoms with Gasteiger partial charge in [-0.3, -0.25) is 0 Å². The third-order valence-electron chi connectivity index (χ3n) is 1.70. The number of aliphatic carboxylic acids is 1. The standard InChI is InChI=1S/C9H18N2O2/c1-3-4-5-6-7-10-11-8(2)9(12)13/h10H,3-7H2,1-2H3,(H,12,13). The van der Waals surface area contributed by atoms with Crippen LogP contribution < -0.4 is 5.43 Å². The zero-order chi connectivity index (χ0) is 10.1. The van der Waals surface area contributed by atoms with Crippen LogP contribution >= 0.6 is 0 Å². The number of rotatable bonds is 7. The monoisotopic (exact) mass is 186 g/mol. The van der Waals surface area contributed by atoms with E-state index < -0.39 is 5.97 Å². The van der Waals surface area contributed by atoms with E-state index in [9.17, 15) is 4.79 Å². The Bertz CT molecular complexity index is 178. The van der Waals surface area contributed by atoms with Crippen LogP contribution in [-0.2, 0) is 4.79 Å². The number of hydrogen-bond donors (Lipinski definition) is 2. The highest BCUT2D eigenvalue weighted by Gasteiger charge is 1.99. The van der Waals surface area contributed by atoms with Gasteiger partial charge in [-0.05, 0) is 13.3 Å². The van der Waals surface area contributed by atoms with Gasteiger partial charge in [0.05, 0.1) is 0 Å². The summed E-state index contributed by atoms with van der Waals surface area (Å²) < 4.78 is 0. The van der Waals surface area contributed by atoms with Crippen molar-refractivity contribution >= 4 is 11.7 Å². The molecule has 13 heavy (non-hydrogen) atoms. The Balaban J connectivity index is 3.34. The van der Waals surface area contributed by atoms with Crippen molar-refractivity contribution in [2.45, 2.75) is 39.5 Å². The molecule has 0 aliphatic carbocycles. The van der Waals surface area contributed by atoms with Crippen LogP contribution in [0.3, 0.4) is 0 Å². The second-order valence-corrected chi connectivity index (χ2v) is 2.97. The van der Waals surface area contributed by atoms with E-state index in [4.69, 9.17) is 5.11 Å². The Morgan fingerprint density at radius 1 is 1.38 bits per heavy atom. The second kappa shape index (κ2) is 7.58. The lowest BCUT2D eigenvalue weighted by Crippen LogP contribution is -2.16. The van der Waals surface area contributed by atoms with E-state index in [1.54, 1.807) is 0 Å². The third kappa shape index (κ3) is 7.31. The number of unbranched alkanes of at least 4 members (excludes halogenated alkanes) is 3. The zero-order valence-corrected chi connectivity index (χ0v) is 8.34. The second-order valence-electron chi connectivity index (χ2n) is 2.97. The van der Waals surface area contributed by atoms with Gasteiger partial charge in [0.25, 0.3) is 0 Å². The lowest BCUT2D eigenvalue weighted by atomic mass is 10.2. The minimum atomic E-state index is -0.971. The van der Waals surface area contributed by atoms with E-state index in [-0.39, 0.29) is 5.71 Å². The van der Waals surface area contributed by atoms with Gasteiger partial charge in [0.15, 0.2) is 0 Å². The molecular weight excluding hydrogens is 168 g/mol. The first kappa shape index (κ1) is 11.9. The summed E-state index contributed by atoms with van der Waals surface area (Å²) in [4.78, 5) is 10.3. The van der Waals surface area contributed by atoms with Crippen LogP contribution in [0.5, 0.6) is 0 Å². The minimum Gasteiger partial charge on any atom is -0.477 e. The van der Waals surface area contributed by atoms with Gasteiger partial charge < -0.3 is 10.5 Å². The Morgan fingerprint density at radius 2 is 2.08 bits per heavy atom. The van der Waals surface area contributed by atoms with Crippen molar-refractivity contribution in [3.05, 3.63) is 0 Å². The molecule has 0 saturated heterocycles. The summed E-state index contributed by atoms with van der Waals surface area (Å²) in [5.41, 5.74) is 2.84. The average molecular weight is 186 g/mol. The van der Waals surface area contributed by atoms with Crippen LogP contribution in [0.4, 0.5) is 0 Å². The smallest absolute Gasteiger partial charge is 0.351 e. The molecular formula is C9H18N2O2. The highest BCUT2D eigenvalue weighted by molar-refractivity contribution is 6.34. The molecule has 0 aromatic rings. The van der Waals surface area contributed by atoms with Gasteiger partial charge in [-0.1, -0.05) is 26.2 Å². The number of carboxylic acid groups (broad SMARTS) is 1. The first-order valence-electron chi connectivity index (χ1n) is 4.69. The largest absolute Gasteiger partial charge is 0.477 e. The Morgan fingerprint density at radius 3 is 2.62 bits per heavy atom. The van der Waals surface area contributed by atoms with Crippen LogP contribution in [0.1, 0.15) is 39.5 Å². The molecule has 4 heteroatoms. The molecule has 0 aromatic carbocycles. The van der Waals surface area contributed by atoms with Crippen LogP contribution in [0, 0.1) is 0 Å². The molecule has 0 unspecified atom stereocenters. The molecule has 0 spiro atoms. The Labute approximate surface area is 79.0 Å². The highest BCUT2D eigenvalue weighted by atomic mass is 16.4. The van der Waals surface area contributed by atoms with Crippen LogP contribution in [0.2, 0.25) is 0 Å². The van der Waals surface area contributed by atoms with Crippen molar-refractivity contribution in [3.63, 3.8) is 0 Å².